The van der Waals surface area contributed by atoms with Crippen LogP contribution in [0.2, 0.25) is 0 Å². The van der Waals surface area contributed by atoms with Crippen LogP contribution < -0.4 is 10.2 Å². The van der Waals surface area contributed by atoms with E-state index in [0.29, 0.717) is 23.6 Å². The van der Waals surface area contributed by atoms with Gasteiger partial charge in [0.15, 0.2) is 0 Å². The second-order valence-electron chi connectivity index (χ2n) is 5.45. The minimum atomic E-state index is -0.388. The van der Waals surface area contributed by atoms with Gasteiger partial charge in [0.2, 0.25) is 0 Å². The number of nitriles is 1. The van der Waals surface area contributed by atoms with Gasteiger partial charge in [0.25, 0.3) is 5.91 Å². The molecule has 0 radical (unpaired) electrons. The maximum absolute atomic E-state index is 12.6. The first-order chi connectivity index (χ1) is 12.7. The van der Waals surface area contributed by atoms with E-state index in [4.69, 9.17) is 5.26 Å². The third-order valence-corrected chi connectivity index (χ3v) is 3.84. The topological polar surface area (TPSA) is 81.9 Å². The zero-order valence-electron chi connectivity index (χ0n) is 14.3. The van der Waals surface area contributed by atoms with Crippen LogP contribution in [-0.4, -0.2) is 22.4 Å². The smallest absolute Gasteiger partial charge is 0.274 e. The van der Waals surface area contributed by atoms with E-state index < -0.39 is 0 Å². The molecule has 2 aromatic carbocycles. The van der Waals surface area contributed by atoms with Crippen LogP contribution in [0.3, 0.4) is 0 Å². The number of carbonyl (C=O) groups is 1. The molecule has 26 heavy (non-hydrogen) atoms. The Morgan fingerprint density at radius 2 is 1.85 bits per heavy atom. The molecule has 0 bridgehead atoms. The predicted octanol–water partition coefficient (Wildman–Crippen LogP) is 3.76. The van der Waals surface area contributed by atoms with E-state index in [1.165, 1.54) is 6.33 Å². The fourth-order valence-corrected chi connectivity index (χ4v) is 2.58. The summed E-state index contributed by atoms with van der Waals surface area (Å²) < 4.78 is 0. The Bertz CT molecular complexity index is 950. The summed E-state index contributed by atoms with van der Waals surface area (Å²) in [5, 5.41) is 11.9. The van der Waals surface area contributed by atoms with Crippen molar-refractivity contribution in [2.24, 2.45) is 0 Å². The summed E-state index contributed by atoms with van der Waals surface area (Å²) in [5.41, 5.74) is 2.07. The minimum Gasteiger partial charge on any atom is -0.327 e. The van der Waals surface area contributed by atoms with Crippen LogP contribution in [0.1, 0.15) is 23.0 Å². The van der Waals surface area contributed by atoms with Gasteiger partial charge in [0.1, 0.15) is 23.9 Å². The summed E-state index contributed by atoms with van der Waals surface area (Å²) in [5.74, 6) is 0.243. The van der Waals surface area contributed by atoms with Gasteiger partial charge < -0.3 is 10.2 Å². The van der Waals surface area contributed by atoms with Gasteiger partial charge in [0, 0.05) is 18.3 Å². The number of anilines is 3. The molecule has 0 atom stereocenters. The molecule has 0 spiro atoms. The Balaban J connectivity index is 1.87. The van der Waals surface area contributed by atoms with Crippen LogP contribution >= 0.6 is 0 Å². The van der Waals surface area contributed by atoms with Crippen molar-refractivity contribution in [3.05, 3.63) is 78.2 Å². The van der Waals surface area contributed by atoms with Crippen molar-refractivity contribution in [2.75, 3.05) is 16.8 Å². The standard InChI is InChI=1S/C20H17N5O/c1-2-25(16-9-4-3-5-10-16)19-12-18(22-14-23-19)20(26)24-17-11-7-6-8-15(17)13-21/h3-12,14H,2H2,1H3,(H,24,26). The molecule has 128 valence electrons. The van der Waals surface area contributed by atoms with E-state index in [9.17, 15) is 4.79 Å². The molecular weight excluding hydrogens is 326 g/mol. The summed E-state index contributed by atoms with van der Waals surface area (Å²) in [6.45, 7) is 2.71. The third-order valence-electron chi connectivity index (χ3n) is 3.84. The van der Waals surface area contributed by atoms with E-state index in [0.717, 1.165) is 5.69 Å². The molecule has 0 aliphatic heterocycles. The third kappa shape index (κ3) is 3.68. The van der Waals surface area contributed by atoms with Crippen molar-refractivity contribution < 1.29 is 4.79 Å². The number of benzene rings is 2. The zero-order chi connectivity index (χ0) is 18.4. The summed E-state index contributed by atoms with van der Waals surface area (Å²) in [6.07, 6.45) is 1.37. The monoisotopic (exact) mass is 343 g/mol. The molecule has 0 aliphatic rings. The lowest BCUT2D eigenvalue weighted by Gasteiger charge is -2.22. The molecule has 1 amide bonds. The normalized spacial score (nSPS) is 10.0. The molecule has 0 fully saturated rings. The van der Waals surface area contributed by atoms with Crippen molar-refractivity contribution in [3.63, 3.8) is 0 Å². The van der Waals surface area contributed by atoms with Gasteiger partial charge in [-0.2, -0.15) is 5.26 Å². The van der Waals surface area contributed by atoms with Crippen LogP contribution in [0.25, 0.3) is 0 Å². The molecule has 0 unspecified atom stereocenters. The molecule has 3 rings (SSSR count). The van der Waals surface area contributed by atoms with Crippen molar-refractivity contribution in [1.82, 2.24) is 9.97 Å². The molecular formula is C20H17N5O. The van der Waals surface area contributed by atoms with Crippen LogP contribution in [-0.2, 0) is 0 Å². The highest BCUT2D eigenvalue weighted by Gasteiger charge is 2.14. The average molecular weight is 343 g/mol. The molecule has 1 heterocycles. The number of nitrogens with one attached hydrogen (secondary N) is 1. The summed E-state index contributed by atoms with van der Waals surface area (Å²) >= 11 is 0. The maximum Gasteiger partial charge on any atom is 0.274 e. The number of para-hydroxylation sites is 2. The van der Waals surface area contributed by atoms with Crippen LogP contribution in [0.15, 0.2) is 67.0 Å². The van der Waals surface area contributed by atoms with Crippen molar-refractivity contribution >= 4 is 23.1 Å². The Morgan fingerprint density at radius 1 is 1.12 bits per heavy atom. The molecule has 3 aromatic rings. The van der Waals surface area contributed by atoms with Gasteiger partial charge in [-0.05, 0) is 31.2 Å². The number of nitrogens with zero attached hydrogens (tertiary/aromatic N) is 4. The number of aromatic nitrogens is 2. The number of hydrogen-bond acceptors (Lipinski definition) is 5. The Hall–Kier alpha value is -3.72. The lowest BCUT2D eigenvalue weighted by Crippen LogP contribution is -2.20. The second kappa shape index (κ2) is 7.90. The lowest BCUT2D eigenvalue weighted by atomic mass is 10.2. The summed E-state index contributed by atoms with van der Waals surface area (Å²) in [4.78, 5) is 22.9. The number of hydrogen-bond donors (Lipinski definition) is 1. The summed E-state index contributed by atoms with van der Waals surface area (Å²) in [6, 6.07) is 20.3. The fourth-order valence-electron chi connectivity index (χ4n) is 2.58. The maximum atomic E-state index is 12.6. The van der Waals surface area contributed by atoms with Crippen LogP contribution in [0.4, 0.5) is 17.2 Å². The zero-order valence-corrected chi connectivity index (χ0v) is 14.3. The number of carbonyl (C=O) groups excluding carboxylic acids is 1. The van der Waals surface area contributed by atoms with E-state index in [2.05, 4.69) is 21.4 Å². The highest BCUT2D eigenvalue weighted by molar-refractivity contribution is 6.04. The molecule has 1 N–H and O–H groups in total. The average Bonchev–Trinajstić information content (AvgIpc) is 2.70. The molecule has 6 nitrogen and oxygen atoms in total. The molecule has 0 saturated carbocycles. The van der Waals surface area contributed by atoms with E-state index in [1.807, 2.05) is 42.2 Å². The van der Waals surface area contributed by atoms with Gasteiger partial charge in [-0.1, -0.05) is 30.3 Å². The van der Waals surface area contributed by atoms with Gasteiger partial charge in [-0.25, -0.2) is 9.97 Å². The quantitative estimate of drug-likeness (QED) is 0.763. The number of amides is 1. The van der Waals surface area contributed by atoms with Crippen LogP contribution in [0, 0.1) is 11.3 Å². The minimum absolute atomic E-state index is 0.233. The first kappa shape index (κ1) is 17.1. The van der Waals surface area contributed by atoms with Gasteiger partial charge in [0.05, 0.1) is 11.3 Å². The van der Waals surface area contributed by atoms with Crippen LogP contribution in [0.5, 0.6) is 0 Å². The number of rotatable bonds is 5. The molecule has 1 aromatic heterocycles. The molecule has 0 aliphatic carbocycles. The second-order valence-corrected chi connectivity index (χ2v) is 5.45. The van der Waals surface area contributed by atoms with E-state index in [-0.39, 0.29) is 11.6 Å². The Labute approximate surface area is 151 Å². The molecule has 0 saturated heterocycles. The largest absolute Gasteiger partial charge is 0.327 e. The Kier molecular flexibility index (Phi) is 5.20. The predicted molar refractivity (Wildman–Crippen MR) is 100 cm³/mol. The van der Waals surface area contributed by atoms with Crippen molar-refractivity contribution in [1.29, 1.82) is 5.26 Å². The van der Waals surface area contributed by atoms with Gasteiger partial charge >= 0.3 is 0 Å². The van der Waals surface area contributed by atoms with E-state index in [1.54, 1.807) is 30.3 Å². The summed E-state index contributed by atoms with van der Waals surface area (Å²) in [7, 11) is 0. The van der Waals surface area contributed by atoms with Crippen molar-refractivity contribution in [3.8, 4) is 6.07 Å². The molecule has 6 heteroatoms. The van der Waals surface area contributed by atoms with Crippen molar-refractivity contribution in [2.45, 2.75) is 6.92 Å². The highest BCUT2D eigenvalue weighted by Crippen LogP contribution is 2.23. The fraction of sp³-hybridized carbons (Fsp3) is 0.100. The first-order valence-electron chi connectivity index (χ1n) is 8.18. The van der Waals surface area contributed by atoms with Gasteiger partial charge in [-0.3, -0.25) is 4.79 Å². The SMILES string of the molecule is CCN(c1ccccc1)c1cc(C(=O)Nc2ccccc2C#N)ncn1. The lowest BCUT2D eigenvalue weighted by molar-refractivity contribution is 0.102. The Morgan fingerprint density at radius 3 is 2.58 bits per heavy atom. The van der Waals surface area contributed by atoms with Gasteiger partial charge in [-0.15, -0.1) is 0 Å². The van der Waals surface area contributed by atoms with E-state index >= 15 is 0 Å². The highest BCUT2D eigenvalue weighted by atomic mass is 16.1. The first-order valence-corrected chi connectivity index (χ1v) is 8.18.